The summed E-state index contributed by atoms with van der Waals surface area (Å²) in [6.07, 6.45) is 0. The van der Waals surface area contributed by atoms with Gasteiger partial charge in [0.25, 0.3) is 10.0 Å². The standard InChI is InChI=1S/C16H14N2O4S3/c1-2-22-15(19)11-5-7-12(8-6-11)25(20,21)18-16-17-13(10-24-16)14-4-3-9-23-14/h3-10H,2H2,1H3,(H,17,18). The zero-order valence-corrected chi connectivity index (χ0v) is 15.6. The fourth-order valence-corrected chi connectivity index (χ4v) is 4.74. The third-order valence-corrected chi connectivity index (χ3v) is 6.31. The molecule has 0 fully saturated rings. The summed E-state index contributed by atoms with van der Waals surface area (Å²) in [6.45, 7) is 1.97. The van der Waals surface area contributed by atoms with E-state index >= 15 is 0 Å². The van der Waals surface area contributed by atoms with Crippen LogP contribution in [0.2, 0.25) is 0 Å². The first-order chi connectivity index (χ1) is 12.0. The number of carbonyl (C=O) groups is 1. The maximum atomic E-state index is 12.4. The van der Waals surface area contributed by atoms with Crippen LogP contribution in [-0.2, 0) is 14.8 Å². The highest BCUT2D eigenvalue weighted by Gasteiger charge is 2.17. The summed E-state index contributed by atoms with van der Waals surface area (Å²) in [6, 6.07) is 9.40. The van der Waals surface area contributed by atoms with Crippen molar-refractivity contribution >= 4 is 43.8 Å². The minimum atomic E-state index is -3.77. The van der Waals surface area contributed by atoms with E-state index in [4.69, 9.17) is 4.74 Å². The Morgan fingerprint density at radius 2 is 1.96 bits per heavy atom. The van der Waals surface area contributed by atoms with Crippen molar-refractivity contribution in [3.8, 4) is 10.6 Å². The number of sulfonamides is 1. The summed E-state index contributed by atoms with van der Waals surface area (Å²) in [7, 11) is -3.77. The summed E-state index contributed by atoms with van der Waals surface area (Å²) < 4.78 is 32.2. The Morgan fingerprint density at radius 1 is 1.20 bits per heavy atom. The molecule has 0 amide bonds. The third-order valence-electron chi connectivity index (χ3n) is 3.18. The average molecular weight is 394 g/mol. The molecule has 1 N–H and O–H groups in total. The lowest BCUT2D eigenvalue weighted by atomic mass is 10.2. The normalized spacial score (nSPS) is 11.2. The van der Waals surface area contributed by atoms with Gasteiger partial charge >= 0.3 is 5.97 Å². The number of anilines is 1. The number of nitrogens with one attached hydrogen (secondary N) is 1. The summed E-state index contributed by atoms with van der Waals surface area (Å²) in [5.41, 5.74) is 1.03. The number of thiophene rings is 1. The quantitative estimate of drug-likeness (QED) is 0.642. The van der Waals surface area contributed by atoms with Crippen molar-refractivity contribution in [3.63, 3.8) is 0 Å². The summed E-state index contributed by atoms with van der Waals surface area (Å²) >= 11 is 2.75. The molecule has 3 aromatic rings. The number of hydrogen-bond donors (Lipinski definition) is 1. The van der Waals surface area contributed by atoms with E-state index in [0.29, 0.717) is 5.56 Å². The summed E-state index contributed by atoms with van der Waals surface area (Å²) in [4.78, 5) is 16.9. The number of thiazole rings is 1. The number of hydrogen-bond acceptors (Lipinski definition) is 7. The van der Waals surface area contributed by atoms with E-state index in [1.165, 1.54) is 46.9 Å². The molecule has 2 heterocycles. The lowest BCUT2D eigenvalue weighted by Crippen LogP contribution is -2.13. The van der Waals surface area contributed by atoms with Crippen LogP contribution in [0.1, 0.15) is 17.3 Å². The Morgan fingerprint density at radius 3 is 2.60 bits per heavy atom. The number of benzene rings is 1. The molecular formula is C16H14N2O4S3. The molecule has 0 saturated carbocycles. The lowest BCUT2D eigenvalue weighted by molar-refractivity contribution is 0.0526. The molecule has 2 aromatic heterocycles. The van der Waals surface area contributed by atoms with Crippen LogP contribution in [0.3, 0.4) is 0 Å². The molecule has 0 aliphatic heterocycles. The van der Waals surface area contributed by atoms with Crippen molar-refractivity contribution in [2.75, 3.05) is 11.3 Å². The van der Waals surface area contributed by atoms with Gasteiger partial charge in [0.15, 0.2) is 5.13 Å². The number of esters is 1. The molecule has 9 heteroatoms. The Hall–Kier alpha value is -2.23. The van der Waals surface area contributed by atoms with E-state index < -0.39 is 16.0 Å². The minimum Gasteiger partial charge on any atom is -0.462 e. The Kier molecular flexibility index (Phi) is 5.16. The number of aromatic nitrogens is 1. The van der Waals surface area contributed by atoms with Crippen molar-refractivity contribution in [1.29, 1.82) is 0 Å². The Bertz CT molecular complexity index is 961. The fourth-order valence-electron chi connectivity index (χ4n) is 2.02. The Labute approximate surface area is 153 Å². The van der Waals surface area contributed by atoms with Gasteiger partial charge in [0.2, 0.25) is 0 Å². The lowest BCUT2D eigenvalue weighted by Gasteiger charge is -2.06. The van der Waals surface area contributed by atoms with Crippen LogP contribution in [-0.4, -0.2) is 26.0 Å². The van der Waals surface area contributed by atoms with E-state index in [2.05, 4.69) is 9.71 Å². The van der Waals surface area contributed by atoms with Gasteiger partial charge in [-0.15, -0.1) is 22.7 Å². The zero-order chi connectivity index (χ0) is 17.9. The molecule has 0 saturated heterocycles. The van der Waals surface area contributed by atoms with Crippen molar-refractivity contribution < 1.29 is 17.9 Å². The highest BCUT2D eigenvalue weighted by atomic mass is 32.2. The molecular weight excluding hydrogens is 380 g/mol. The van der Waals surface area contributed by atoms with Crippen LogP contribution < -0.4 is 4.72 Å². The maximum Gasteiger partial charge on any atom is 0.338 e. The van der Waals surface area contributed by atoms with Gasteiger partial charge in [0.1, 0.15) is 0 Å². The number of carbonyl (C=O) groups excluding carboxylic acids is 1. The third kappa shape index (κ3) is 4.06. The first kappa shape index (κ1) is 17.6. The molecule has 0 aliphatic rings. The molecule has 0 bridgehead atoms. The highest BCUT2D eigenvalue weighted by Crippen LogP contribution is 2.29. The summed E-state index contributed by atoms with van der Waals surface area (Å²) in [5, 5.41) is 4.02. The zero-order valence-electron chi connectivity index (χ0n) is 13.1. The van der Waals surface area contributed by atoms with Crippen molar-refractivity contribution in [1.82, 2.24) is 4.98 Å². The van der Waals surface area contributed by atoms with E-state index in [1.54, 1.807) is 12.3 Å². The van der Waals surface area contributed by atoms with Crippen LogP contribution in [0.25, 0.3) is 10.6 Å². The summed E-state index contributed by atoms with van der Waals surface area (Å²) in [5.74, 6) is -0.486. The van der Waals surface area contributed by atoms with Crippen LogP contribution in [0.15, 0.2) is 52.1 Å². The number of nitrogens with zero attached hydrogens (tertiary/aromatic N) is 1. The first-order valence-electron chi connectivity index (χ1n) is 7.29. The average Bonchev–Trinajstić information content (AvgIpc) is 3.26. The monoisotopic (exact) mass is 394 g/mol. The molecule has 0 atom stereocenters. The van der Waals surface area contributed by atoms with Gasteiger partial charge < -0.3 is 4.74 Å². The van der Waals surface area contributed by atoms with Gasteiger partial charge in [-0.05, 0) is 42.6 Å². The van der Waals surface area contributed by atoms with Crippen molar-refractivity contribution in [3.05, 3.63) is 52.7 Å². The predicted molar refractivity (Wildman–Crippen MR) is 98.6 cm³/mol. The predicted octanol–water partition coefficient (Wildman–Crippen LogP) is 3.85. The van der Waals surface area contributed by atoms with Gasteiger partial charge in [0, 0.05) is 5.38 Å². The molecule has 6 nitrogen and oxygen atoms in total. The molecule has 1 aromatic carbocycles. The van der Waals surface area contributed by atoms with Gasteiger partial charge in [-0.25, -0.2) is 18.2 Å². The molecule has 0 aliphatic carbocycles. The van der Waals surface area contributed by atoms with Gasteiger partial charge in [-0.3, -0.25) is 4.72 Å². The Balaban J connectivity index is 1.77. The van der Waals surface area contributed by atoms with E-state index in [0.717, 1.165) is 10.6 Å². The molecule has 0 spiro atoms. The van der Waals surface area contributed by atoms with E-state index in [-0.39, 0.29) is 16.6 Å². The molecule has 3 rings (SSSR count). The van der Waals surface area contributed by atoms with E-state index in [1.807, 2.05) is 17.5 Å². The molecule has 130 valence electrons. The van der Waals surface area contributed by atoms with E-state index in [9.17, 15) is 13.2 Å². The maximum absolute atomic E-state index is 12.4. The largest absolute Gasteiger partial charge is 0.462 e. The second-order valence-electron chi connectivity index (χ2n) is 4.87. The second kappa shape index (κ2) is 7.34. The molecule has 0 unspecified atom stereocenters. The van der Waals surface area contributed by atoms with Gasteiger partial charge in [-0.1, -0.05) is 6.07 Å². The SMILES string of the molecule is CCOC(=O)c1ccc(S(=O)(=O)Nc2nc(-c3cccs3)cs2)cc1. The molecule has 25 heavy (non-hydrogen) atoms. The van der Waals surface area contributed by atoms with Crippen LogP contribution in [0, 0.1) is 0 Å². The topological polar surface area (TPSA) is 85.4 Å². The molecule has 0 radical (unpaired) electrons. The van der Waals surface area contributed by atoms with Crippen molar-refractivity contribution in [2.24, 2.45) is 0 Å². The minimum absolute atomic E-state index is 0.0495. The van der Waals surface area contributed by atoms with Crippen LogP contribution in [0.5, 0.6) is 0 Å². The smallest absolute Gasteiger partial charge is 0.338 e. The number of rotatable bonds is 6. The van der Waals surface area contributed by atoms with Gasteiger partial charge in [-0.2, -0.15) is 0 Å². The first-order valence-corrected chi connectivity index (χ1v) is 10.5. The fraction of sp³-hybridized carbons (Fsp3) is 0.125. The van der Waals surface area contributed by atoms with Gasteiger partial charge in [0.05, 0.1) is 27.6 Å². The van der Waals surface area contributed by atoms with Crippen molar-refractivity contribution in [2.45, 2.75) is 11.8 Å². The second-order valence-corrected chi connectivity index (χ2v) is 8.35. The van der Waals surface area contributed by atoms with Crippen LogP contribution in [0.4, 0.5) is 5.13 Å². The number of ether oxygens (including phenoxy) is 1. The van der Waals surface area contributed by atoms with Crippen LogP contribution >= 0.6 is 22.7 Å². The highest BCUT2D eigenvalue weighted by molar-refractivity contribution is 7.93.